The molecule has 25 heavy (non-hydrogen) atoms. The zero-order valence-corrected chi connectivity index (χ0v) is 15.5. The molecule has 0 radical (unpaired) electrons. The molecule has 132 valence electrons. The second-order valence-electron chi connectivity index (χ2n) is 6.82. The van der Waals surface area contributed by atoms with E-state index in [2.05, 4.69) is 28.9 Å². The Labute approximate surface area is 153 Å². The van der Waals surface area contributed by atoms with Gasteiger partial charge in [-0.25, -0.2) is 0 Å². The minimum absolute atomic E-state index is 0.629. The number of aliphatic imine (C=N–C) groups is 1. The van der Waals surface area contributed by atoms with Gasteiger partial charge in [-0.05, 0) is 50.4 Å². The van der Waals surface area contributed by atoms with E-state index in [0.717, 1.165) is 28.1 Å². The molecule has 0 atom stereocenters. The van der Waals surface area contributed by atoms with Crippen LogP contribution in [-0.2, 0) is 0 Å². The third-order valence-electron chi connectivity index (χ3n) is 5.28. The van der Waals surface area contributed by atoms with Crippen molar-refractivity contribution in [2.24, 2.45) is 16.6 Å². The molecule has 2 aromatic rings. The highest BCUT2D eigenvalue weighted by atomic mass is 35.5. The number of allylic oxidation sites excluding steroid dienone is 1. The van der Waals surface area contributed by atoms with Crippen LogP contribution in [0.15, 0.2) is 35.8 Å². The molecule has 2 bridgehead atoms. The number of rotatable bonds is 4. The van der Waals surface area contributed by atoms with E-state index >= 15 is 0 Å². The van der Waals surface area contributed by atoms with Crippen LogP contribution in [0, 0.1) is 5.92 Å². The number of nitrogens with two attached hydrogens (primary N) is 1. The number of nitrogens with one attached hydrogen (secondary N) is 2. The van der Waals surface area contributed by atoms with Crippen molar-refractivity contribution in [2.75, 3.05) is 14.1 Å². The van der Waals surface area contributed by atoms with Crippen molar-refractivity contribution < 1.29 is 0 Å². The third-order valence-corrected chi connectivity index (χ3v) is 5.59. The van der Waals surface area contributed by atoms with Crippen LogP contribution in [0.5, 0.6) is 0 Å². The molecule has 0 amide bonds. The number of para-hydroxylation sites is 1. The minimum atomic E-state index is 0.629. The van der Waals surface area contributed by atoms with Gasteiger partial charge in [0, 0.05) is 41.1 Å². The third kappa shape index (κ3) is 3.24. The van der Waals surface area contributed by atoms with Gasteiger partial charge < -0.3 is 16.0 Å². The summed E-state index contributed by atoms with van der Waals surface area (Å²) in [6.45, 7) is 3.79. The summed E-state index contributed by atoms with van der Waals surface area (Å²) in [6.07, 6.45) is 9.54. The average Bonchev–Trinajstić information content (AvgIpc) is 2.91. The van der Waals surface area contributed by atoms with Crippen molar-refractivity contribution in [2.45, 2.75) is 24.8 Å². The van der Waals surface area contributed by atoms with Gasteiger partial charge in [0.05, 0.1) is 10.5 Å². The van der Waals surface area contributed by atoms with Gasteiger partial charge in [-0.1, -0.05) is 30.3 Å². The lowest BCUT2D eigenvalue weighted by Gasteiger charge is -2.61. The molecule has 3 aliphatic carbocycles. The summed E-state index contributed by atoms with van der Waals surface area (Å²) in [5.41, 5.74) is 10.00. The maximum absolute atomic E-state index is 6.16. The zero-order chi connectivity index (χ0) is 18.0. The Hall–Kier alpha value is -2.04. The number of fused-ring (bicyclic) bond motifs is 1. The lowest BCUT2D eigenvalue weighted by molar-refractivity contribution is -0.0445. The van der Waals surface area contributed by atoms with Crippen LogP contribution in [0.1, 0.15) is 30.5 Å². The van der Waals surface area contributed by atoms with Gasteiger partial charge in [0.15, 0.2) is 0 Å². The van der Waals surface area contributed by atoms with Crippen LogP contribution >= 0.6 is 11.6 Å². The Morgan fingerprint density at radius 3 is 2.64 bits per heavy atom. The van der Waals surface area contributed by atoms with Crippen LogP contribution < -0.4 is 11.1 Å². The molecule has 0 spiro atoms. The SMILES string of the molecule is C=Cc1[nH]c2c(Cl)cccc2c1/C(N)=C/C=NC.CNC12CC(C1)C2. The molecule has 3 aliphatic rings. The lowest BCUT2D eigenvalue weighted by atomic mass is 9.50. The molecule has 4 nitrogen and oxygen atoms in total. The number of benzene rings is 1. The van der Waals surface area contributed by atoms with Crippen LogP contribution in [0.2, 0.25) is 5.02 Å². The Kier molecular flexibility index (Phi) is 5.02. The number of nitrogens with zero attached hydrogens (tertiary/aromatic N) is 1. The van der Waals surface area contributed by atoms with Crippen LogP contribution in [0.25, 0.3) is 22.7 Å². The molecular weight excluding hydrogens is 332 g/mol. The molecule has 0 aliphatic heterocycles. The summed E-state index contributed by atoms with van der Waals surface area (Å²) < 4.78 is 0. The molecule has 3 fully saturated rings. The molecule has 5 rings (SSSR count). The van der Waals surface area contributed by atoms with Crippen molar-refractivity contribution in [3.63, 3.8) is 0 Å². The molecule has 1 heterocycles. The zero-order valence-electron chi connectivity index (χ0n) is 14.8. The fraction of sp³-hybridized carbons (Fsp3) is 0.350. The van der Waals surface area contributed by atoms with Gasteiger partial charge in [0.2, 0.25) is 0 Å². The first-order valence-corrected chi connectivity index (χ1v) is 8.91. The number of aromatic nitrogens is 1. The molecule has 3 saturated carbocycles. The second kappa shape index (κ2) is 7.06. The van der Waals surface area contributed by atoms with Gasteiger partial charge in [-0.3, -0.25) is 4.99 Å². The highest BCUT2D eigenvalue weighted by molar-refractivity contribution is 6.35. The predicted octanol–water partition coefficient (Wildman–Crippen LogP) is 4.22. The summed E-state index contributed by atoms with van der Waals surface area (Å²) in [7, 11) is 3.78. The Balaban J connectivity index is 0.000000213. The van der Waals surface area contributed by atoms with Crippen LogP contribution in [-0.4, -0.2) is 30.8 Å². The fourth-order valence-electron chi connectivity index (χ4n) is 3.69. The van der Waals surface area contributed by atoms with Crippen LogP contribution in [0.3, 0.4) is 0 Å². The summed E-state index contributed by atoms with van der Waals surface area (Å²) >= 11 is 6.16. The maximum atomic E-state index is 6.16. The molecular formula is C20H25ClN4. The van der Waals surface area contributed by atoms with E-state index in [9.17, 15) is 0 Å². The van der Waals surface area contributed by atoms with Crippen molar-refractivity contribution in [1.29, 1.82) is 0 Å². The summed E-state index contributed by atoms with van der Waals surface area (Å²) in [5, 5.41) is 4.99. The Bertz CT molecular complexity index is 824. The second-order valence-corrected chi connectivity index (χ2v) is 7.23. The number of hydrogen-bond donors (Lipinski definition) is 3. The van der Waals surface area contributed by atoms with E-state index < -0.39 is 0 Å². The largest absolute Gasteiger partial charge is 0.398 e. The Morgan fingerprint density at radius 2 is 2.16 bits per heavy atom. The highest BCUT2D eigenvalue weighted by Gasteiger charge is 2.55. The number of halogens is 1. The van der Waals surface area contributed by atoms with Gasteiger partial charge in [-0.2, -0.15) is 0 Å². The normalized spacial score (nSPS) is 24.4. The predicted molar refractivity (Wildman–Crippen MR) is 109 cm³/mol. The van der Waals surface area contributed by atoms with Gasteiger partial charge in [0.1, 0.15) is 0 Å². The first-order chi connectivity index (χ1) is 12.0. The van der Waals surface area contributed by atoms with Crippen molar-refractivity contribution in [3.8, 4) is 0 Å². The van der Waals surface area contributed by atoms with Gasteiger partial charge in [0.25, 0.3) is 0 Å². The van der Waals surface area contributed by atoms with E-state index in [1.807, 2.05) is 18.2 Å². The lowest BCUT2D eigenvalue weighted by Crippen LogP contribution is -2.65. The van der Waals surface area contributed by atoms with E-state index in [1.165, 1.54) is 19.3 Å². The molecule has 1 aromatic heterocycles. The summed E-state index contributed by atoms with van der Waals surface area (Å²) in [5.74, 6) is 1.12. The van der Waals surface area contributed by atoms with Crippen molar-refractivity contribution in [1.82, 2.24) is 10.3 Å². The number of H-pyrrole nitrogens is 1. The van der Waals surface area contributed by atoms with E-state index in [4.69, 9.17) is 17.3 Å². The monoisotopic (exact) mass is 356 g/mol. The smallest absolute Gasteiger partial charge is 0.0655 e. The van der Waals surface area contributed by atoms with Crippen molar-refractivity contribution >= 4 is 40.5 Å². The Morgan fingerprint density at radius 1 is 1.44 bits per heavy atom. The highest BCUT2D eigenvalue weighted by Crippen LogP contribution is 2.56. The summed E-state index contributed by atoms with van der Waals surface area (Å²) in [4.78, 5) is 7.12. The first kappa shape index (κ1) is 17.8. The first-order valence-electron chi connectivity index (χ1n) is 8.53. The molecule has 1 aromatic carbocycles. The number of hydrogen-bond acceptors (Lipinski definition) is 3. The minimum Gasteiger partial charge on any atom is -0.398 e. The molecule has 0 unspecified atom stereocenters. The van der Waals surface area contributed by atoms with Gasteiger partial charge >= 0.3 is 0 Å². The molecule has 5 heteroatoms. The average molecular weight is 357 g/mol. The van der Waals surface area contributed by atoms with E-state index in [1.54, 1.807) is 25.4 Å². The fourth-order valence-corrected chi connectivity index (χ4v) is 3.91. The van der Waals surface area contributed by atoms with Gasteiger partial charge in [-0.15, -0.1) is 0 Å². The quantitative estimate of drug-likeness (QED) is 0.718. The maximum Gasteiger partial charge on any atom is 0.0655 e. The molecule has 4 N–H and O–H groups in total. The topological polar surface area (TPSA) is 66.2 Å². The van der Waals surface area contributed by atoms with Crippen LogP contribution in [0.4, 0.5) is 0 Å². The molecule has 0 saturated heterocycles. The van der Waals surface area contributed by atoms with Crippen molar-refractivity contribution in [3.05, 3.63) is 47.1 Å². The summed E-state index contributed by atoms with van der Waals surface area (Å²) in [6, 6.07) is 5.71. The number of aromatic amines is 1. The van der Waals surface area contributed by atoms with E-state index in [0.29, 0.717) is 16.3 Å². The van der Waals surface area contributed by atoms with E-state index in [-0.39, 0.29) is 0 Å². The standard InChI is InChI=1S/C14H14ClN3.C6H11N/c1-3-12-13(11(16)7-8-17-2)9-5-4-6-10(15)14(9)18-12;1-7-6-2-5(3-6)4-6/h3-8,18H,1,16H2,2H3;5,7H,2-4H2,1H3/b11-7-,17-8?;.